The van der Waals surface area contributed by atoms with Crippen molar-refractivity contribution in [2.45, 2.75) is 13.5 Å². The van der Waals surface area contributed by atoms with Crippen molar-refractivity contribution >= 4 is 5.57 Å². The molecule has 0 saturated heterocycles. The molecule has 1 aromatic carbocycles. The molecule has 0 heterocycles. The van der Waals surface area contributed by atoms with E-state index in [0.29, 0.717) is 5.75 Å². The van der Waals surface area contributed by atoms with Crippen molar-refractivity contribution in [2.24, 2.45) is 0 Å². The van der Waals surface area contributed by atoms with Crippen molar-refractivity contribution < 1.29 is 9.84 Å². The molecular weight excluding hydrogens is 188 g/mol. The van der Waals surface area contributed by atoms with Crippen LogP contribution in [-0.4, -0.2) is 12.2 Å². The van der Waals surface area contributed by atoms with Gasteiger partial charge in [0.15, 0.2) is 0 Å². The minimum Gasteiger partial charge on any atom is -0.496 e. The van der Waals surface area contributed by atoms with Crippen LogP contribution in [0, 0.1) is 0 Å². The number of rotatable bonds is 4. The molecule has 0 atom stereocenters. The highest BCUT2D eigenvalue weighted by molar-refractivity contribution is 5.74. The predicted molar refractivity (Wildman–Crippen MR) is 62.8 cm³/mol. The van der Waals surface area contributed by atoms with Gasteiger partial charge in [0.25, 0.3) is 0 Å². The normalized spacial score (nSPS) is 11.3. The highest BCUT2D eigenvalue weighted by Gasteiger charge is 2.04. The minimum absolute atomic E-state index is 0.0112. The number of allylic oxidation sites excluding steroid dienone is 3. The Bertz CT molecular complexity index is 378. The van der Waals surface area contributed by atoms with E-state index in [4.69, 9.17) is 9.84 Å². The summed E-state index contributed by atoms with van der Waals surface area (Å²) in [6, 6.07) is 5.72. The average Bonchev–Trinajstić information content (AvgIpc) is 2.30. The van der Waals surface area contributed by atoms with E-state index in [9.17, 15) is 0 Å². The van der Waals surface area contributed by atoms with Crippen LogP contribution in [0.15, 0.2) is 36.9 Å². The molecule has 0 amide bonds. The first kappa shape index (κ1) is 11.5. The number of ether oxygens (including phenoxy) is 1. The van der Waals surface area contributed by atoms with Gasteiger partial charge in [-0.25, -0.2) is 0 Å². The zero-order valence-corrected chi connectivity index (χ0v) is 9.16. The maximum absolute atomic E-state index is 9.08. The number of aliphatic hydroxyl groups is 1. The second-order valence-corrected chi connectivity index (χ2v) is 3.13. The Labute approximate surface area is 90.5 Å². The fraction of sp³-hybridized carbons (Fsp3) is 0.231. The minimum atomic E-state index is -0.0112. The highest BCUT2D eigenvalue weighted by Crippen LogP contribution is 2.24. The van der Waals surface area contributed by atoms with E-state index in [1.165, 1.54) is 0 Å². The number of aliphatic hydroxyl groups excluding tert-OH is 1. The van der Waals surface area contributed by atoms with Gasteiger partial charge in [0.2, 0.25) is 0 Å². The van der Waals surface area contributed by atoms with Gasteiger partial charge >= 0.3 is 0 Å². The van der Waals surface area contributed by atoms with Crippen molar-refractivity contribution in [1.29, 1.82) is 0 Å². The first-order valence-electron chi connectivity index (χ1n) is 4.83. The first-order valence-corrected chi connectivity index (χ1v) is 4.83. The summed E-state index contributed by atoms with van der Waals surface area (Å²) in [4.78, 5) is 0. The summed E-state index contributed by atoms with van der Waals surface area (Å²) in [5, 5.41) is 9.08. The smallest absolute Gasteiger partial charge is 0.124 e. The lowest BCUT2D eigenvalue weighted by molar-refractivity contribution is 0.274. The Morgan fingerprint density at radius 1 is 1.53 bits per heavy atom. The van der Waals surface area contributed by atoms with Crippen LogP contribution in [0.3, 0.4) is 0 Å². The summed E-state index contributed by atoms with van der Waals surface area (Å²) >= 11 is 0. The summed E-state index contributed by atoms with van der Waals surface area (Å²) in [6.45, 7) is 5.70. The summed E-state index contributed by atoms with van der Waals surface area (Å²) < 4.78 is 5.19. The van der Waals surface area contributed by atoms with Crippen LogP contribution in [0.4, 0.5) is 0 Å². The van der Waals surface area contributed by atoms with Crippen molar-refractivity contribution in [1.82, 2.24) is 0 Å². The molecule has 0 aliphatic rings. The van der Waals surface area contributed by atoms with Crippen LogP contribution in [0.1, 0.15) is 18.1 Å². The fourth-order valence-corrected chi connectivity index (χ4v) is 1.46. The molecule has 0 aliphatic carbocycles. The van der Waals surface area contributed by atoms with Gasteiger partial charge in [-0.1, -0.05) is 30.9 Å². The van der Waals surface area contributed by atoms with Crippen molar-refractivity contribution in [3.8, 4) is 5.75 Å². The molecular formula is C13H16O2. The van der Waals surface area contributed by atoms with Crippen LogP contribution in [0.25, 0.3) is 5.57 Å². The molecule has 2 nitrogen and oxygen atoms in total. The molecule has 1 rings (SSSR count). The second kappa shape index (κ2) is 5.37. The van der Waals surface area contributed by atoms with Gasteiger partial charge in [-0.15, -0.1) is 0 Å². The Hall–Kier alpha value is -1.54. The lowest BCUT2D eigenvalue weighted by atomic mass is 10.0. The lowest BCUT2D eigenvalue weighted by Crippen LogP contribution is -1.93. The maximum Gasteiger partial charge on any atom is 0.124 e. The monoisotopic (exact) mass is 204 g/mol. The molecule has 2 heteroatoms. The van der Waals surface area contributed by atoms with Crippen molar-refractivity contribution in [2.75, 3.05) is 7.11 Å². The second-order valence-electron chi connectivity index (χ2n) is 3.13. The Morgan fingerprint density at radius 3 is 2.73 bits per heavy atom. The van der Waals surface area contributed by atoms with Crippen molar-refractivity contribution in [3.63, 3.8) is 0 Å². The van der Waals surface area contributed by atoms with E-state index in [1.54, 1.807) is 13.2 Å². The van der Waals surface area contributed by atoms with Gasteiger partial charge in [0.1, 0.15) is 5.75 Å². The topological polar surface area (TPSA) is 29.5 Å². The quantitative estimate of drug-likeness (QED) is 0.764. The molecule has 0 spiro atoms. The molecule has 0 unspecified atom stereocenters. The molecule has 0 radical (unpaired) electrons. The Morgan fingerprint density at radius 2 is 2.27 bits per heavy atom. The van der Waals surface area contributed by atoms with Crippen LogP contribution in [0.2, 0.25) is 0 Å². The van der Waals surface area contributed by atoms with Crippen LogP contribution in [-0.2, 0) is 6.61 Å². The van der Waals surface area contributed by atoms with E-state index < -0.39 is 0 Å². The molecule has 0 saturated carbocycles. The van der Waals surface area contributed by atoms with E-state index in [0.717, 1.165) is 16.7 Å². The molecule has 0 aliphatic heterocycles. The van der Waals surface area contributed by atoms with Gasteiger partial charge in [0.05, 0.1) is 13.7 Å². The van der Waals surface area contributed by atoms with Gasteiger partial charge < -0.3 is 9.84 Å². The molecule has 15 heavy (non-hydrogen) atoms. The summed E-state index contributed by atoms with van der Waals surface area (Å²) in [7, 11) is 1.60. The number of benzene rings is 1. The summed E-state index contributed by atoms with van der Waals surface area (Å²) in [6.07, 6.45) is 3.79. The third-order valence-corrected chi connectivity index (χ3v) is 2.32. The zero-order chi connectivity index (χ0) is 11.3. The number of hydrogen-bond donors (Lipinski definition) is 1. The van der Waals surface area contributed by atoms with E-state index in [1.807, 2.05) is 31.2 Å². The lowest BCUT2D eigenvalue weighted by Gasteiger charge is -2.09. The number of methoxy groups -OCH3 is 1. The number of hydrogen-bond acceptors (Lipinski definition) is 2. The van der Waals surface area contributed by atoms with Gasteiger partial charge in [-0.05, 0) is 24.1 Å². The average molecular weight is 204 g/mol. The van der Waals surface area contributed by atoms with Crippen molar-refractivity contribution in [3.05, 3.63) is 48.1 Å². The van der Waals surface area contributed by atoms with Gasteiger partial charge in [-0.2, -0.15) is 0 Å². The summed E-state index contributed by atoms with van der Waals surface area (Å²) in [5.41, 5.74) is 2.89. The maximum atomic E-state index is 9.08. The SMILES string of the molecule is C=C/C(=C\C)c1ccc(CO)c(OC)c1. The van der Waals surface area contributed by atoms with Gasteiger partial charge in [-0.3, -0.25) is 0 Å². The molecule has 1 aromatic rings. The largest absolute Gasteiger partial charge is 0.496 e. The third kappa shape index (κ3) is 2.48. The zero-order valence-electron chi connectivity index (χ0n) is 9.16. The fourth-order valence-electron chi connectivity index (χ4n) is 1.46. The molecule has 0 fully saturated rings. The van der Waals surface area contributed by atoms with E-state index >= 15 is 0 Å². The molecule has 80 valence electrons. The Balaban J connectivity index is 3.18. The first-order chi connectivity index (χ1) is 7.26. The van der Waals surface area contributed by atoms with Crippen LogP contribution >= 0.6 is 0 Å². The molecule has 1 N–H and O–H groups in total. The molecule has 0 bridgehead atoms. The highest BCUT2D eigenvalue weighted by atomic mass is 16.5. The van der Waals surface area contributed by atoms with Gasteiger partial charge in [0, 0.05) is 5.56 Å². The van der Waals surface area contributed by atoms with Crippen LogP contribution in [0.5, 0.6) is 5.75 Å². The van der Waals surface area contributed by atoms with E-state index in [-0.39, 0.29) is 6.61 Å². The predicted octanol–water partition coefficient (Wildman–Crippen LogP) is 2.78. The Kier molecular flexibility index (Phi) is 4.13. The third-order valence-electron chi connectivity index (χ3n) is 2.32. The summed E-state index contributed by atoms with van der Waals surface area (Å²) in [5.74, 6) is 0.705. The van der Waals surface area contributed by atoms with Crippen LogP contribution < -0.4 is 4.74 Å². The molecule has 0 aromatic heterocycles. The van der Waals surface area contributed by atoms with E-state index in [2.05, 4.69) is 6.58 Å². The standard InChI is InChI=1S/C13H16O2/c1-4-10(5-2)11-6-7-12(9-14)13(8-11)15-3/h4-8,14H,1,9H2,2-3H3/b10-5+.